The van der Waals surface area contributed by atoms with Crippen LogP contribution in [0, 0.1) is 29.6 Å². The minimum Gasteiger partial charge on any atom is -0.379 e. The predicted molar refractivity (Wildman–Crippen MR) is 238 cm³/mol. The molecule has 1 fully saturated rings. The highest BCUT2D eigenvalue weighted by Gasteiger charge is 2.43. The largest absolute Gasteiger partial charge is 0.379 e. The number of likely N-dealkylation sites (tertiary alicyclic amines) is 1. The second-order valence-electron chi connectivity index (χ2n) is 17.2. The smallest absolute Gasteiger partial charge is 0.226 e. The van der Waals surface area contributed by atoms with Gasteiger partial charge in [0.05, 0.1) is 48.7 Å². The molecule has 1 aromatic carbocycles. The standard InChI is InChI=1S/C47H73N5O6S/c1-14-32(7)29-50(10)42(31(5)6)39(53)27-36(30(3)4)47(56)51(11)43(33(8)15-2)40(57-12)28-41(54)52-24-19-22-38(52)44(58-13)34(9)45(55)49-37(46-48-23-25-59-46)26-35-20-17-16-18-21-35/h14,16-18,20-21,23,25,30-31,33-34,36-38,40,42-44H,1,7,15,19,22,24,26-29H2,2-6,8-13H3,(H,49,55)/t33-,34+,36-,37-,38-,40+,42-,43-,44+/m0/s1. The van der Waals surface area contributed by atoms with Crippen LogP contribution >= 0.6 is 11.3 Å². The van der Waals surface area contributed by atoms with E-state index in [2.05, 4.69) is 37.3 Å². The van der Waals surface area contributed by atoms with Crippen LogP contribution in [0.1, 0.15) is 97.2 Å². The predicted octanol–water partition coefficient (Wildman–Crippen LogP) is 7.39. The van der Waals surface area contributed by atoms with Crippen LogP contribution in [0.15, 0.2) is 66.7 Å². The Morgan fingerprint density at radius 3 is 2.24 bits per heavy atom. The first kappa shape index (κ1) is 49.7. The van der Waals surface area contributed by atoms with Gasteiger partial charge in [0, 0.05) is 58.3 Å². The molecule has 9 atom stereocenters. The maximum absolute atomic E-state index is 14.5. The van der Waals surface area contributed by atoms with Crippen LogP contribution in [-0.2, 0) is 35.1 Å². The SMILES string of the molecule is C=CC(=C)CN(C)[C@H](C(=O)C[C@H](C(=O)N(C)[C@@H]([C@@H](C)CC)[C@@H](CC(=O)N1CCC[C@H]1[C@H](OC)[C@@H](C)C(=O)N[C@@H](Cc1ccccc1)c1nccs1)OC)C(C)C)C(C)C. The lowest BCUT2D eigenvalue weighted by molar-refractivity contribution is -0.149. The molecule has 1 aromatic heterocycles. The summed E-state index contributed by atoms with van der Waals surface area (Å²) in [6.07, 6.45) is 5.30. The summed E-state index contributed by atoms with van der Waals surface area (Å²) in [6.45, 7) is 22.9. The molecule has 2 heterocycles. The van der Waals surface area contributed by atoms with Gasteiger partial charge in [-0.2, -0.15) is 0 Å². The molecule has 11 nitrogen and oxygen atoms in total. The summed E-state index contributed by atoms with van der Waals surface area (Å²) >= 11 is 1.51. The average Bonchev–Trinajstić information content (AvgIpc) is 3.93. The van der Waals surface area contributed by atoms with Crippen LogP contribution < -0.4 is 5.32 Å². The zero-order chi connectivity index (χ0) is 44.0. The first-order valence-corrected chi connectivity index (χ1v) is 22.3. The number of hydrogen-bond donors (Lipinski definition) is 1. The van der Waals surface area contributed by atoms with Crippen molar-refractivity contribution in [3.8, 4) is 0 Å². The summed E-state index contributed by atoms with van der Waals surface area (Å²) in [6, 6.07) is 8.60. The summed E-state index contributed by atoms with van der Waals surface area (Å²) < 4.78 is 12.2. The van der Waals surface area contributed by atoms with Crippen LogP contribution in [0.5, 0.6) is 0 Å². The highest BCUT2D eigenvalue weighted by molar-refractivity contribution is 7.09. The topological polar surface area (TPSA) is 121 Å². The quantitative estimate of drug-likeness (QED) is 0.103. The maximum atomic E-state index is 14.5. The van der Waals surface area contributed by atoms with Crippen molar-refractivity contribution in [1.29, 1.82) is 0 Å². The second kappa shape index (κ2) is 23.9. The van der Waals surface area contributed by atoms with E-state index in [1.54, 1.807) is 38.4 Å². The van der Waals surface area contributed by atoms with E-state index >= 15 is 0 Å². The number of carbonyl (C=O) groups excluding carboxylic acids is 4. The van der Waals surface area contributed by atoms with Crippen molar-refractivity contribution in [2.75, 3.05) is 41.4 Å². The van der Waals surface area contributed by atoms with E-state index in [9.17, 15) is 19.2 Å². The second-order valence-corrected chi connectivity index (χ2v) is 18.1. The molecule has 0 saturated carbocycles. The molecule has 1 saturated heterocycles. The molecule has 0 radical (unpaired) electrons. The van der Waals surface area contributed by atoms with Gasteiger partial charge in [-0.15, -0.1) is 11.3 Å². The van der Waals surface area contributed by atoms with Gasteiger partial charge in [0.2, 0.25) is 17.7 Å². The number of aromatic nitrogens is 1. The molecular formula is C47H73N5O6S. The number of rotatable bonds is 25. The minimum absolute atomic E-state index is 0.00356. The summed E-state index contributed by atoms with van der Waals surface area (Å²) in [5, 5.41) is 5.98. The van der Waals surface area contributed by atoms with Crippen LogP contribution in [0.3, 0.4) is 0 Å². The van der Waals surface area contributed by atoms with Gasteiger partial charge in [-0.3, -0.25) is 24.1 Å². The van der Waals surface area contributed by atoms with Gasteiger partial charge >= 0.3 is 0 Å². The lowest BCUT2D eigenvalue weighted by Gasteiger charge is -2.41. The third-order valence-electron chi connectivity index (χ3n) is 12.3. The molecule has 3 amide bonds. The molecule has 0 spiro atoms. The lowest BCUT2D eigenvalue weighted by Crippen LogP contribution is -2.54. The number of likely N-dealkylation sites (N-methyl/N-ethyl adjacent to an activating group) is 2. The van der Waals surface area contributed by atoms with Gasteiger partial charge < -0.3 is 24.6 Å². The summed E-state index contributed by atoms with van der Waals surface area (Å²) in [4.78, 5) is 66.9. The summed E-state index contributed by atoms with van der Waals surface area (Å²) in [7, 11) is 6.89. The number of Topliss-reactive ketones (excluding diaryl/α,β-unsaturated/α-hetero) is 1. The van der Waals surface area contributed by atoms with Gasteiger partial charge in [0.25, 0.3) is 0 Å². The molecule has 0 unspecified atom stereocenters. The van der Waals surface area contributed by atoms with E-state index < -0.39 is 30.1 Å². The molecule has 3 rings (SSSR count). The molecule has 12 heteroatoms. The Bertz CT molecular complexity index is 1650. The van der Waals surface area contributed by atoms with Crippen molar-refractivity contribution >= 4 is 34.8 Å². The summed E-state index contributed by atoms with van der Waals surface area (Å²) in [5.41, 5.74) is 1.92. The highest BCUT2D eigenvalue weighted by atomic mass is 32.1. The zero-order valence-electron chi connectivity index (χ0n) is 37.7. The van der Waals surface area contributed by atoms with E-state index in [0.717, 1.165) is 29.0 Å². The van der Waals surface area contributed by atoms with Gasteiger partial charge in [-0.05, 0) is 55.2 Å². The molecule has 1 N–H and O–H groups in total. The van der Waals surface area contributed by atoms with Crippen LogP contribution in [0.2, 0.25) is 0 Å². The Labute approximate surface area is 359 Å². The van der Waals surface area contributed by atoms with Crippen molar-refractivity contribution in [2.45, 2.75) is 123 Å². The fraction of sp³-hybridized carbons (Fsp3) is 0.638. The minimum atomic E-state index is -0.602. The first-order valence-electron chi connectivity index (χ1n) is 21.4. The van der Waals surface area contributed by atoms with E-state index in [1.807, 2.05) is 87.2 Å². The fourth-order valence-electron chi connectivity index (χ4n) is 8.88. The highest BCUT2D eigenvalue weighted by Crippen LogP contribution is 2.32. The van der Waals surface area contributed by atoms with Crippen LogP contribution in [0.4, 0.5) is 0 Å². The number of thiazole rings is 1. The van der Waals surface area contributed by atoms with Crippen molar-refractivity contribution in [2.24, 2.45) is 29.6 Å². The number of nitrogens with zero attached hydrogens (tertiary/aromatic N) is 4. The van der Waals surface area contributed by atoms with E-state index in [1.165, 1.54) is 11.3 Å². The fourth-order valence-corrected chi connectivity index (χ4v) is 9.57. The van der Waals surface area contributed by atoms with Gasteiger partial charge in [0.15, 0.2) is 5.78 Å². The summed E-state index contributed by atoms with van der Waals surface area (Å²) in [5.74, 6) is -1.55. The Hall–Kier alpha value is -3.71. The monoisotopic (exact) mass is 836 g/mol. The van der Waals surface area contributed by atoms with Crippen LogP contribution in [-0.4, -0.2) is 115 Å². The van der Waals surface area contributed by atoms with E-state index in [4.69, 9.17) is 9.47 Å². The number of ketones is 1. The van der Waals surface area contributed by atoms with E-state index in [-0.39, 0.29) is 72.2 Å². The Morgan fingerprint density at radius 2 is 1.69 bits per heavy atom. The molecule has 0 aliphatic carbocycles. The van der Waals surface area contributed by atoms with Crippen LogP contribution in [0.25, 0.3) is 0 Å². The molecular weight excluding hydrogens is 763 g/mol. The number of nitrogens with one attached hydrogen (secondary N) is 1. The third kappa shape index (κ3) is 13.4. The number of ether oxygens (including phenoxy) is 2. The van der Waals surface area contributed by atoms with Crippen molar-refractivity contribution in [3.63, 3.8) is 0 Å². The Morgan fingerprint density at radius 1 is 1.02 bits per heavy atom. The lowest BCUT2D eigenvalue weighted by atomic mass is 9.83. The average molecular weight is 836 g/mol. The number of carbonyl (C=O) groups is 4. The number of methoxy groups -OCH3 is 2. The van der Waals surface area contributed by atoms with E-state index in [0.29, 0.717) is 25.9 Å². The molecule has 328 valence electrons. The Kier molecular flexibility index (Phi) is 20.1. The molecule has 1 aliphatic heterocycles. The Balaban J connectivity index is 1.80. The van der Waals surface area contributed by atoms with Gasteiger partial charge in [-0.25, -0.2) is 4.98 Å². The number of benzene rings is 1. The van der Waals surface area contributed by atoms with Crippen molar-refractivity contribution in [3.05, 3.63) is 77.3 Å². The van der Waals surface area contributed by atoms with Crippen molar-refractivity contribution < 1.29 is 28.7 Å². The van der Waals surface area contributed by atoms with Crippen molar-refractivity contribution in [1.82, 2.24) is 25.0 Å². The molecule has 2 aromatic rings. The molecule has 59 heavy (non-hydrogen) atoms. The number of hydrogen-bond acceptors (Lipinski definition) is 9. The normalized spacial score (nSPS) is 18.5. The van der Waals surface area contributed by atoms with Gasteiger partial charge in [0.1, 0.15) is 5.01 Å². The first-order chi connectivity index (χ1) is 28.0. The van der Waals surface area contributed by atoms with Gasteiger partial charge in [-0.1, -0.05) is 104 Å². The maximum Gasteiger partial charge on any atom is 0.226 e. The zero-order valence-corrected chi connectivity index (χ0v) is 38.5. The third-order valence-corrected chi connectivity index (χ3v) is 13.2. The molecule has 0 bridgehead atoms. The number of amides is 3. The molecule has 1 aliphatic rings.